The van der Waals surface area contributed by atoms with Gasteiger partial charge in [0.25, 0.3) is 0 Å². The van der Waals surface area contributed by atoms with Crippen LogP contribution in [0.4, 0.5) is 0 Å². The van der Waals surface area contributed by atoms with E-state index in [0.717, 1.165) is 24.0 Å². The molecule has 5 nitrogen and oxygen atoms in total. The van der Waals surface area contributed by atoms with Crippen molar-refractivity contribution >= 4 is 5.97 Å². The Morgan fingerprint density at radius 3 is 2.03 bits per heavy atom. The molecule has 2 rings (SSSR count). The molecule has 5 heteroatoms. The molecule has 0 aromatic heterocycles. The van der Waals surface area contributed by atoms with Crippen molar-refractivity contribution in [2.24, 2.45) is 5.92 Å². The second-order valence-electron chi connectivity index (χ2n) is 10.1. The number of unbranched alkanes of at least 4 members (excludes halogenated alkanes) is 1. The second-order valence-corrected chi connectivity index (χ2v) is 10.1. The van der Waals surface area contributed by atoms with Crippen molar-refractivity contribution in [1.82, 2.24) is 5.06 Å². The second kappa shape index (κ2) is 13.6. The van der Waals surface area contributed by atoms with E-state index in [2.05, 4.69) is 52.0 Å². The first-order valence-electron chi connectivity index (χ1n) is 12.5. The van der Waals surface area contributed by atoms with Crippen LogP contribution in [0.25, 0.3) is 0 Å². The fourth-order valence-corrected chi connectivity index (χ4v) is 4.06. The Bertz CT molecular complexity index is 838. The molecule has 0 spiro atoms. The smallest absolute Gasteiger partial charge is 0.337 e. The first-order valence-corrected chi connectivity index (χ1v) is 12.5. The van der Waals surface area contributed by atoms with Gasteiger partial charge in [-0.25, -0.2) is 4.79 Å². The van der Waals surface area contributed by atoms with Crippen LogP contribution < -0.4 is 0 Å². The summed E-state index contributed by atoms with van der Waals surface area (Å²) in [4.78, 5) is 19.8. The van der Waals surface area contributed by atoms with E-state index in [9.17, 15) is 9.90 Å². The Morgan fingerprint density at radius 2 is 1.53 bits per heavy atom. The average Bonchev–Trinajstić information content (AvgIpc) is 2.84. The zero-order valence-electron chi connectivity index (χ0n) is 21.7. The van der Waals surface area contributed by atoms with E-state index in [1.165, 1.54) is 0 Å². The molecule has 1 N–H and O–H groups in total. The summed E-state index contributed by atoms with van der Waals surface area (Å²) in [5, 5.41) is 12.1. The maximum Gasteiger partial charge on any atom is 0.337 e. The number of aliphatic hydroxyl groups excluding tert-OH is 1. The number of carbonyl (C=O) groups excluding carboxylic acids is 1. The van der Waals surface area contributed by atoms with Gasteiger partial charge < -0.3 is 9.84 Å². The van der Waals surface area contributed by atoms with Crippen LogP contribution in [0.2, 0.25) is 0 Å². The number of hydroxylamine groups is 2. The molecule has 0 heterocycles. The highest BCUT2D eigenvalue weighted by atomic mass is 16.7. The molecule has 0 aliphatic rings. The molecular weight excluding hydrogens is 426 g/mol. The zero-order chi connectivity index (χ0) is 25.1. The molecule has 0 radical (unpaired) electrons. The van der Waals surface area contributed by atoms with Crippen LogP contribution in [-0.2, 0) is 14.4 Å². The number of nitrogens with zero attached hydrogens (tertiary/aromatic N) is 1. The summed E-state index contributed by atoms with van der Waals surface area (Å²) >= 11 is 0. The third-order valence-corrected chi connectivity index (χ3v) is 6.19. The van der Waals surface area contributed by atoms with Crippen molar-refractivity contribution in [2.75, 3.05) is 13.2 Å². The van der Waals surface area contributed by atoms with E-state index in [0.29, 0.717) is 13.0 Å². The van der Waals surface area contributed by atoms with Gasteiger partial charge in [0.2, 0.25) is 0 Å². The van der Waals surface area contributed by atoms with Crippen molar-refractivity contribution in [3.63, 3.8) is 0 Å². The number of hydrogen-bond donors (Lipinski definition) is 1. The molecule has 0 bridgehead atoms. The molecule has 0 amide bonds. The number of hydrogen-bond acceptors (Lipinski definition) is 5. The van der Waals surface area contributed by atoms with Gasteiger partial charge in [0.1, 0.15) is 0 Å². The van der Waals surface area contributed by atoms with Crippen molar-refractivity contribution in [2.45, 2.75) is 84.4 Å². The molecule has 2 aromatic carbocycles. The third-order valence-electron chi connectivity index (χ3n) is 6.19. The van der Waals surface area contributed by atoms with Gasteiger partial charge in [0.15, 0.2) is 6.10 Å². The Morgan fingerprint density at radius 1 is 0.971 bits per heavy atom. The lowest BCUT2D eigenvalue weighted by molar-refractivity contribution is -0.284. The van der Waals surface area contributed by atoms with E-state index in [1.54, 1.807) is 0 Å². The fraction of sp³-hybridized carbons (Fsp3) is 0.552. The highest BCUT2D eigenvalue weighted by Crippen LogP contribution is 2.36. The largest absolute Gasteiger partial charge is 0.464 e. The minimum absolute atomic E-state index is 0.0956. The van der Waals surface area contributed by atoms with Crippen LogP contribution in [0.15, 0.2) is 60.7 Å². The van der Waals surface area contributed by atoms with Gasteiger partial charge in [-0.1, -0.05) is 94.8 Å². The van der Waals surface area contributed by atoms with E-state index >= 15 is 0 Å². The zero-order valence-corrected chi connectivity index (χ0v) is 21.7. The highest BCUT2D eigenvalue weighted by molar-refractivity contribution is 5.74. The summed E-state index contributed by atoms with van der Waals surface area (Å²) in [5.74, 6) is -0.0830. The summed E-state index contributed by atoms with van der Waals surface area (Å²) in [6.07, 6.45) is 1.46. The minimum atomic E-state index is -0.789. The minimum Gasteiger partial charge on any atom is -0.464 e. The number of carbonyl (C=O) groups is 1. The summed E-state index contributed by atoms with van der Waals surface area (Å²) < 4.78 is 5.62. The van der Waals surface area contributed by atoms with Gasteiger partial charge in [0.05, 0.1) is 24.8 Å². The van der Waals surface area contributed by atoms with Gasteiger partial charge in [-0.15, -0.1) is 0 Å². The van der Waals surface area contributed by atoms with Gasteiger partial charge in [-0.3, -0.25) is 4.84 Å². The number of rotatable bonds is 14. The highest BCUT2D eigenvalue weighted by Gasteiger charge is 2.40. The summed E-state index contributed by atoms with van der Waals surface area (Å²) in [5.41, 5.74) is 1.50. The lowest BCUT2D eigenvalue weighted by Crippen LogP contribution is -2.52. The molecule has 0 aliphatic heterocycles. The lowest BCUT2D eigenvalue weighted by Gasteiger charge is -2.44. The molecule has 0 saturated heterocycles. The number of ether oxygens (including phenoxy) is 1. The summed E-state index contributed by atoms with van der Waals surface area (Å²) in [6.45, 7) is 12.6. The summed E-state index contributed by atoms with van der Waals surface area (Å²) in [6, 6.07) is 20.1. The van der Waals surface area contributed by atoms with Crippen LogP contribution in [0.1, 0.15) is 83.9 Å². The number of benzene rings is 2. The quantitative estimate of drug-likeness (QED) is 0.200. The van der Waals surface area contributed by atoms with E-state index in [-0.39, 0.29) is 30.5 Å². The standard InChI is InChI=1S/C29H43NO4/c1-7-8-19-33-28(32)26(20-23(4)24-15-11-9-12-16-24)34-30(29(5,6)21-31)27(22(2)3)25-17-13-10-14-18-25/h9-18,22-23,26-27,31H,7-8,19-21H2,1-6H3. The SMILES string of the molecule is CCCCOC(=O)C(CC(C)c1ccccc1)ON(C(c1ccccc1)C(C)C)C(C)(C)CO. The fourth-order valence-electron chi connectivity index (χ4n) is 4.06. The lowest BCUT2D eigenvalue weighted by atomic mass is 9.91. The van der Waals surface area contributed by atoms with Crippen LogP contribution in [0.3, 0.4) is 0 Å². The molecule has 2 aromatic rings. The monoisotopic (exact) mass is 469 g/mol. The Balaban J connectivity index is 2.40. The van der Waals surface area contributed by atoms with Crippen molar-refractivity contribution < 1.29 is 19.5 Å². The molecule has 34 heavy (non-hydrogen) atoms. The van der Waals surface area contributed by atoms with Gasteiger partial charge in [0, 0.05) is 0 Å². The Kier molecular flexibility index (Phi) is 11.2. The van der Waals surface area contributed by atoms with Crippen LogP contribution >= 0.6 is 0 Å². The molecule has 3 atom stereocenters. The van der Waals surface area contributed by atoms with Crippen LogP contribution in [-0.4, -0.2) is 41.0 Å². The molecule has 188 valence electrons. The van der Waals surface area contributed by atoms with Gasteiger partial charge in [-0.05, 0) is 49.7 Å². The molecule has 0 saturated carbocycles. The van der Waals surface area contributed by atoms with Gasteiger partial charge in [-0.2, -0.15) is 5.06 Å². The first-order chi connectivity index (χ1) is 16.2. The molecular formula is C29H43NO4. The molecule has 0 aliphatic carbocycles. The topological polar surface area (TPSA) is 59.0 Å². The van der Waals surface area contributed by atoms with Gasteiger partial charge >= 0.3 is 5.97 Å². The average molecular weight is 470 g/mol. The van der Waals surface area contributed by atoms with Crippen molar-refractivity contribution in [3.8, 4) is 0 Å². The predicted molar refractivity (Wildman–Crippen MR) is 137 cm³/mol. The third kappa shape index (κ3) is 7.93. The Hall–Kier alpha value is -2.21. The van der Waals surface area contributed by atoms with E-state index in [4.69, 9.17) is 9.57 Å². The van der Waals surface area contributed by atoms with Crippen LogP contribution in [0.5, 0.6) is 0 Å². The summed E-state index contributed by atoms with van der Waals surface area (Å²) in [7, 11) is 0. The van der Waals surface area contributed by atoms with Crippen molar-refractivity contribution in [3.05, 3.63) is 71.8 Å². The number of aliphatic hydroxyl groups is 1. The maximum absolute atomic E-state index is 13.2. The maximum atomic E-state index is 13.2. The Labute approximate surface area is 206 Å². The van der Waals surface area contributed by atoms with Crippen molar-refractivity contribution in [1.29, 1.82) is 0 Å². The molecule has 0 fully saturated rings. The predicted octanol–water partition coefficient (Wildman–Crippen LogP) is 6.29. The van der Waals surface area contributed by atoms with E-state index in [1.807, 2.05) is 55.3 Å². The number of esters is 1. The molecule has 3 unspecified atom stereocenters. The normalized spacial score (nSPS) is 14.7. The van der Waals surface area contributed by atoms with E-state index < -0.39 is 11.6 Å². The van der Waals surface area contributed by atoms with Crippen LogP contribution in [0, 0.1) is 5.92 Å². The first kappa shape index (κ1) is 28.0.